The molecule has 0 fully saturated rings. The zero-order valence-electron chi connectivity index (χ0n) is 15.1. The normalized spacial score (nSPS) is 10.4. The lowest BCUT2D eigenvalue weighted by atomic mass is 10.1. The summed E-state index contributed by atoms with van der Waals surface area (Å²) < 4.78 is 5.16. The molecule has 0 unspecified atom stereocenters. The highest BCUT2D eigenvalue weighted by molar-refractivity contribution is 8.00. The molecule has 2 aromatic carbocycles. The maximum absolute atomic E-state index is 12.0. The summed E-state index contributed by atoms with van der Waals surface area (Å²) in [4.78, 5) is 23.9. The molecular weight excluding hydrogens is 348 g/mol. The van der Waals surface area contributed by atoms with E-state index < -0.39 is 0 Å². The fourth-order valence-electron chi connectivity index (χ4n) is 2.34. The number of ether oxygens (including phenoxy) is 1. The van der Waals surface area contributed by atoms with Gasteiger partial charge < -0.3 is 15.4 Å². The molecule has 0 heterocycles. The quantitative estimate of drug-likeness (QED) is 0.710. The third-order valence-electron chi connectivity index (χ3n) is 3.70. The first-order chi connectivity index (χ1) is 12.6. The molecule has 26 heavy (non-hydrogen) atoms. The number of rotatable bonds is 9. The highest BCUT2D eigenvalue weighted by atomic mass is 32.2. The third kappa shape index (κ3) is 6.90. The van der Waals surface area contributed by atoms with Gasteiger partial charge in [-0.15, -0.1) is 11.8 Å². The van der Waals surface area contributed by atoms with Gasteiger partial charge in [0.25, 0.3) is 0 Å². The van der Waals surface area contributed by atoms with Gasteiger partial charge in [0.1, 0.15) is 0 Å². The van der Waals surface area contributed by atoms with E-state index in [9.17, 15) is 9.59 Å². The fraction of sp³-hybridized carbons (Fsp3) is 0.300. The van der Waals surface area contributed by atoms with Gasteiger partial charge in [-0.05, 0) is 30.2 Å². The number of hydrogen-bond acceptors (Lipinski definition) is 4. The lowest BCUT2D eigenvalue weighted by Crippen LogP contribution is -2.26. The van der Waals surface area contributed by atoms with Gasteiger partial charge in [-0.1, -0.05) is 42.0 Å². The van der Waals surface area contributed by atoms with Gasteiger partial charge in [0.15, 0.2) is 0 Å². The Balaban J connectivity index is 1.69. The Labute approximate surface area is 158 Å². The van der Waals surface area contributed by atoms with Crippen LogP contribution in [0.1, 0.15) is 16.7 Å². The predicted molar refractivity (Wildman–Crippen MR) is 106 cm³/mol. The zero-order chi connectivity index (χ0) is 18.8. The standard InChI is InChI=1S/C20H24N2O3S/c1-15-7-9-18(10-8-15)22-20(24)14-26-13-19(23)21-11-16-5-3-4-6-17(16)12-25-2/h3-10H,11-14H2,1-2H3,(H,21,23)(H,22,24). The first-order valence-electron chi connectivity index (χ1n) is 8.35. The van der Waals surface area contributed by atoms with E-state index >= 15 is 0 Å². The van der Waals surface area contributed by atoms with Crippen LogP contribution in [-0.2, 0) is 27.5 Å². The van der Waals surface area contributed by atoms with E-state index in [1.807, 2.05) is 55.5 Å². The molecule has 0 aliphatic carbocycles. The number of hydrogen-bond donors (Lipinski definition) is 2. The molecule has 0 saturated heterocycles. The van der Waals surface area contributed by atoms with E-state index in [0.29, 0.717) is 13.2 Å². The lowest BCUT2D eigenvalue weighted by molar-refractivity contribution is -0.118. The van der Waals surface area contributed by atoms with Crippen LogP contribution in [0, 0.1) is 6.92 Å². The van der Waals surface area contributed by atoms with Crippen molar-refractivity contribution < 1.29 is 14.3 Å². The van der Waals surface area contributed by atoms with Crippen LogP contribution in [0.4, 0.5) is 5.69 Å². The average molecular weight is 372 g/mol. The van der Waals surface area contributed by atoms with Crippen LogP contribution in [0.5, 0.6) is 0 Å². The van der Waals surface area contributed by atoms with Crippen molar-refractivity contribution in [2.24, 2.45) is 0 Å². The number of nitrogens with one attached hydrogen (secondary N) is 2. The summed E-state index contributed by atoms with van der Waals surface area (Å²) in [7, 11) is 1.65. The Bertz CT molecular complexity index is 732. The Kier molecular flexibility index (Phi) is 8.18. The van der Waals surface area contributed by atoms with E-state index in [1.54, 1.807) is 7.11 Å². The van der Waals surface area contributed by atoms with Gasteiger partial charge in [0.05, 0.1) is 18.1 Å². The molecule has 0 aliphatic heterocycles. The monoisotopic (exact) mass is 372 g/mol. The lowest BCUT2D eigenvalue weighted by Gasteiger charge is -2.10. The molecule has 6 heteroatoms. The molecule has 0 aliphatic rings. The molecule has 0 bridgehead atoms. The van der Waals surface area contributed by atoms with Crippen molar-refractivity contribution in [1.29, 1.82) is 0 Å². The number of anilines is 1. The molecular formula is C20H24N2O3S. The number of methoxy groups -OCH3 is 1. The first kappa shape index (κ1) is 20.0. The molecule has 0 atom stereocenters. The minimum absolute atomic E-state index is 0.0923. The van der Waals surface area contributed by atoms with E-state index in [4.69, 9.17) is 4.74 Å². The van der Waals surface area contributed by atoms with Gasteiger partial charge in [0, 0.05) is 19.3 Å². The summed E-state index contributed by atoms with van der Waals surface area (Å²) in [5, 5.41) is 5.70. The van der Waals surface area contributed by atoms with Crippen molar-refractivity contribution in [2.45, 2.75) is 20.1 Å². The summed E-state index contributed by atoms with van der Waals surface area (Å²) in [5.41, 5.74) is 3.99. The average Bonchev–Trinajstić information content (AvgIpc) is 2.63. The first-order valence-corrected chi connectivity index (χ1v) is 9.50. The smallest absolute Gasteiger partial charge is 0.234 e. The van der Waals surface area contributed by atoms with Crippen molar-refractivity contribution in [3.05, 3.63) is 65.2 Å². The van der Waals surface area contributed by atoms with Crippen LogP contribution in [-0.4, -0.2) is 30.4 Å². The Morgan fingerprint density at radius 3 is 2.31 bits per heavy atom. The van der Waals surface area contributed by atoms with Crippen LogP contribution < -0.4 is 10.6 Å². The van der Waals surface area contributed by atoms with Crippen molar-refractivity contribution in [3.8, 4) is 0 Å². The number of carbonyl (C=O) groups is 2. The molecule has 0 spiro atoms. The predicted octanol–water partition coefficient (Wildman–Crippen LogP) is 3.13. The molecule has 2 rings (SSSR count). The van der Waals surface area contributed by atoms with E-state index in [0.717, 1.165) is 22.4 Å². The Hall–Kier alpha value is -2.31. The molecule has 2 N–H and O–H groups in total. The van der Waals surface area contributed by atoms with E-state index in [1.165, 1.54) is 11.8 Å². The number of amides is 2. The second-order valence-electron chi connectivity index (χ2n) is 5.89. The second-order valence-corrected chi connectivity index (χ2v) is 6.87. The number of benzene rings is 2. The summed E-state index contributed by atoms with van der Waals surface area (Å²) in [5.74, 6) is 0.275. The summed E-state index contributed by atoms with van der Waals surface area (Å²) in [6.45, 7) is 2.96. The fourth-order valence-corrected chi connectivity index (χ4v) is 2.99. The van der Waals surface area contributed by atoms with Crippen LogP contribution in [0.15, 0.2) is 48.5 Å². The van der Waals surface area contributed by atoms with Gasteiger partial charge in [-0.2, -0.15) is 0 Å². The number of aryl methyl sites for hydroxylation is 1. The SMILES string of the molecule is COCc1ccccc1CNC(=O)CSCC(=O)Nc1ccc(C)cc1. The van der Waals surface area contributed by atoms with Crippen LogP contribution in [0.3, 0.4) is 0 Å². The summed E-state index contributed by atoms with van der Waals surface area (Å²) >= 11 is 1.29. The van der Waals surface area contributed by atoms with Crippen LogP contribution in [0.25, 0.3) is 0 Å². The molecule has 0 radical (unpaired) electrons. The van der Waals surface area contributed by atoms with Gasteiger partial charge in [-0.3, -0.25) is 9.59 Å². The highest BCUT2D eigenvalue weighted by Crippen LogP contribution is 2.11. The minimum Gasteiger partial charge on any atom is -0.380 e. The Morgan fingerprint density at radius 2 is 1.62 bits per heavy atom. The summed E-state index contributed by atoms with van der Waals surface area (Å²) in [6.07, 6.45) is 0. The highest BCUT2D eigenvalue weighted by Gasteiger charge is 2.07. The molecule has 2 aromatic rings. The minimum atomic E-state index is -0.114. The molecule has 0 aromatic heterocycles. The molecule has 138 valence electrons. The van der Waals surface area contributed by atoms with Crippen molar-refractivity contribution in [1.82, 2.24) is 5.32 Å². The third-order valence-corrected chi connectivity index (χ3v) is 4.63. The van der Waals surface area contributed by atoms with Gasteiger partial charge in [0.2, 0.25) is 11.8 Å². The second kappa shape index (κ2) is 10.6. The van der Waals surface area contributed by atoms with E-state index in [-0.39, 0.29) is 23.3 Å². The van der Waals surface area contributed by atoms with Gasteiger partial charge >= 0.3 is 0 Å². The van der Waals surface area contributed by atoms with Gasteiger partial charge in [-0.25, -0.2) is 0 Å². The molecule has 0 saturated carbocycles. The number of carbonyl (C=O) groups excluding carboxylic acids is 2. The van der Waals surface area contributed by atoms with Crippen molar-refractivity contribution in [3.63, 3.8) is 0 Å². The van der Waals surface area contributed by atoms with Crippen molar-refractivity contribution >= 4 is 29.3 Å². The number of thioether (sulfide) groups is 1. The summed E-state index contributed by atoms with van der Waals surface area (Å²) in [6, 6.07) is 15.4. The van der Waals surface area contributed by atoms with Crippen molar-refractivity contribution in [2.75, 3.05) is 23.9 Å². The largest absolute Gasteiger partial charge is 0.380 e. The molecule has 2 amide bonds. The maximum atomic E-state index is 12.0. The van der Waals surface area contributed by atoms with Crippen LogP contribution in [0.2, 0.25) is 0 Å². The molecule has 5 nitrogen and oxygen atoms in total. The van der Waals surface area contributed by atoms with E-state index in [2.05, 4.69) is 10.6 Å². The maximum Gasteiger partial charge on any atom is 0.234 e. The van der Waals surface area contributed by atoms with Crippen LogP contribution >= 0.6 is 11.8 Å². The zero-order valence-corrected chi connectivity index (χ0v) is 15.9. The topological polar surface area (TPSA) is 67.4 Å². The Morgan fingerprint density at radius 1 is 0.962 bits per heavy atom.